The van der Waals surface area contributed by atoms with Crippen LogP contribution < -0.4 is 19.5 Å². The van der Waals surface area contributed by atoms with E-state index in [2.05, 4.69) is 5.32 Å². The summed E-state index contributed by atoms with van der Waals surface area (Å²) in [4.78, 5) is 11.4. The van der Waals surface area contributed by atoms with Gasteiger partial charge in [0.1, 0.15) is 5.75 Å². The van der Waals surface area contributed by atoms with Crippen LogP contribution in [-0.4, -0.2) is 27.2 Å². The molecule has 5 nitrogen and oxygen atoms in total. The largest absolute Gasteiger partial charge is 0.496 e. The van der Waals surface area contributed by atoms with Crippen molar-refractivity contribution in [2.24, 2.45) is 0 Å². The average Bonchev–Trinajstić information content (AvgIpc) is 2.44. The zero-order valence-electron chi connectivity index (χ0n) is 11.6. The van der Waals surface area contributed by atoms with E-state index in [9.17, 15) is 4.79 Å². The molecule has 0 aromatic heterocycles. The quantitative estimate of drug-likeness (QED) is 0.798. The van der Waals surface area contributed by atoms with Gasteiger partial charge in [0.2, 0.25) is 5.91 Å². The first kappa shape index (κ1) is 14.9. The minimum absolute atomic E-state index is 0.153. The van der Waals surface area contributed by atoms with E-state index >= 15 is 0 Å². The monoisotopic (exact) mass is 265 g/mol. The van der Waals surface area contributed by atoms with E-state index in [1.165, 1.54) is 6.08 Å². The van der Waals surface area contributed by atoms with Gasteiger partial charge in [-0.1, -0.05) is 6.08 Å². The smallest absolute Gasteiger partial charge is 0.243 e. The predicted octanol–water partition coefficient (Wildman–Crippen LogP) is 1.90. The highest BCUT2D eigenvalue weighted by Crippen LogP contribution is 2.34. The summed E-state index contributed by atoms with van der Waals surface area (Å²) in [7, 11) is 4.69. The van der Waals surface area contributed by atoms with Crippen LogP contribution in [0.25, 0.3) is 0 Å². The number of allylic oxidation sites excluding steroid dienone is 1. The number of ether oxygens (including phenoxy) is 3. The fraction of sp³-hybridized carbons (Fsp3) is 0.357. The molecule has 1 amide bonds. The summed E-state index contributed by atoms with van der Waals surface area (Å²) < 4.78 is 15.7. The molecule has 0 bridgehead atoms. The molecule has 0 saturated carbocycles. The number of carbonyl (C=O) groups is 1. The van der Waals surface area contributed by atoms with E-state index in [0.717, 1.165) is 5.56 Å². The fourth-order valence-corrected chi connectivity index (χ4v) is 1.62. The molecule has 0 unspecified atom stereocenters. The molecule has 0 heterocycles. The van der Waals surface area contributed by atoms with Crippen molar-refractivity contribution in [1.29, 1.82) is 0 Å². The number of benzene rings is 1. The van der Waals surface area contributed by atoms with Crippen molar-refractivity contribution >= 4 is 5.91 Å². The number of nitrogens with one attached hydrogen (secondary N) is 1. The molecule has 1 rings (SSSR count). The fourth-order valence-electron chi connectivity index (χ4n) is 1.62. The van der Waals surface area contributed by atoms with E-state index in [-0.39, 0.29) is 5.91 Å². The lowest BCUT2D eigenvalue weighted by molar-refractivity contribution is -0.116. The molecule has 0 aliphatic heterocycles. The first-order valence-electron chi connectivity index (χ1n) is 5.85. The molecule has 0 aliphatic rings. The summed E-state index contributed by atoms with van der Waals surface area (Å²) in [6, 6.07) is 3.52. The molecule has 5 heteroatoms. The molecule has 0 fully saturated rings. The molecular formula is C14H19NO4. The molecular weight excluding hydrogens is 246 g/mol. The Labute approximate surface area is 113 Å². The minimum atomic E-state index is -0.153. The van der Waals surface area contributed by atoms with Crippen molar-refractivity contribution in [3.8, 4) is 17.2 Å². The van der Waals surface area contributed by atoms with Gasteiger partial charge in [0.15, 0.2) is 11.5 Å². The van der Waals surface area contributed by atoms with Gasteiger partial charge in [-0.25, -0.2) is 0 Å². The Morgan fingerprint density at radius 1 is 1.11 bits per heavy atom. The van der Waals surface area contributed by atoms with Crippen LogP contribution in [0, 0.1) is 0 Å². The summed E-state index contributed by atoms with van der Waals surface area (Å²) in [5, 5.41) is 2.76. The molecule has 1 aromatic rings. The highest BCUT2D eigenvalue weighted by molar-refractivity contribution is 5.87. The summed E-state index contributed by atoms with van der Waals surface area (Å²) in [6.07, 6.45) is 3.15. The maximum absolute atomic E-state index is 11.4. The van der Waals surface area contributed by atoms with Crippen LogP contribution in [0.5, 0.6) is 17.2 Å². The van der Waals surface area contributed by atoms with Crippen LogP contribution in [0.1, 0.15) is 12.5 Å². The van der Waals surface area contributed by atoms with Gasteiger partial charge in [-0.3, -0.25) is 4.79 Å². The Balaban J connectivity index is 2.95. The highest BCUT2D eigenvalue weighted by Gasteiger charge is 2.12. The predicted molar refractivity (Wildman–Crippen MR) is 72.8 cm³/mol. The van der Waals surface area contributed by atoms with Gasteiger partial charge < -0.3 is 19.5 Å². The number of methoxy groups -OCH3 is 3. The Hall–Kier alpha value is -2.17. The van der Waals surface area contributed by atoms with Crippen LogP contribution in [0.3, 0.4) is 0 Å². The maximum Gasteiger partial charge on any atom is 0.243 e. The molecule has 104 valence electrons. The summed E-state index contributed by atoms with van der Waals surface area (Å²) in [5.74, 6) is 1.67. The topological polar surface area (TPSA) is 56.8 Å². The van der Waals surface area contributed by atoms with Crippen molar-refractivity contribution in [1.82, 2.24) is 5.32 Å². The molecule has 1 N–H and O–H groups in total. The highest BCUT2D eigenvalue weighted by atomic mass is 16.5. The third-order valence-corrected chi connectivity index (χ3v) is 2.56. The Morgan fingerprint density at radius 2 is 1.68 bits per heavy atom. The zero-order valence-corrected chi connectivity index (χ0v) is 11.6. The number of hydrogen-bond acceptors (Lipinski definition) is 4. The van der Waals surface area contributed by atoms with E-state index in [1.807, 2.05) is 0 Å². The lowest BCUT2D eigenvalue weighted by Gasteiger charge is -2.14. The van der Waals surface area contributed by atoms with Gasteiger partial charge in [0.05, 0.1) is 21.3 Å². The molecule has 0 saturated heterocycles. The van der Waals surface area contributed by atoms with Crippen LogP contribution >= 0.6 is 0 Å². The van der Waals surface area contributed by atoms with Crippen molar-refractivity contribution in [3.05, 3.63) is 29.8 Å². The lowest BCUT2D eigenvalue weighted by atomic mass is 10.1. The third kappa shape index (κ3) is 3.91. The Bertz CT molecular complexity index is 469. The molecule has 0 spiro atoms. The second kappa shape index (κ2) is 7.31. The second-order valence-corrected chi connectivity index (χ2v) is 3.74. The lowest BCUT2D eigenvalue weighted by Crippen LogP contribution is -2.20. The number of rotatable bonds is 6. The van der Waals surface area contributed by atoms with Gasteiger partial charge in [-0.15, -0.1) is 0 Å². The molecule has 19 heavy (non-hydrogen) atoms. The normalized spacial score (nSPS) is 10.3. The van der Waals surface area contributed by atoms with Gasteiger partial charge in [0.25, 0.3) is 0 Å². The van der Waals surface area contributed by atoms with Gasteiger partial charge >= 0.3 is 0 Å². The van der Waals surface area contributed by atoms with Gasteiger partial charge in [0, 0.05) is 18.2 Å². The number of hydrogen-bond donors (Lipinski definition) is 1. The SMILES string of the molecule is CC=CC(=O)NCc1cc(OC)c(OC)cc1OC. The van der Waals surface area contributed by atoms with Crippen molar-refractivity contribution in [2.75, 3.05) is 21.3 Å². The number of amides is 1. The molecule has 1 aromatic carbocycles. The second-order valence-electron chi connectivity index (χ2n) is 3.74. The maximum atomic E-state index is 11.4. The van der Waals surface area contributed by atoms with Crippen molar-refractivity contribution in [3.63, 3.8) is 0 Å². The Morgan fingerprint density at radius 3 is 2.21 bits per heavy atom. The van der Waals surface area contributed by atoms with E-state index < -0.39 is 0 Å². The van der Waals surface area contributed by atoms with Crippen LogP contribution in [0.15, 0.2) is 24.3 Å². The third-order valence-electron chi connectivity index (χ3n) is 2.56. The van der Waals surface area contributed by atoms with Crippen LogP contribution in [0.4, 0.5) is 0 Å². The molecule has 0 atom stereocenters. The van der Waals surface area contributed by atoms with Crippen LogP contribution in [0.2, 0.25) is 0 Å². The standard InChI is InChI=1S/C14H19NO4/c1-5-6-14(16)15-9-10-7-12(18-3)13(19-4)8-11(10)17-2/h5-8H,9H2,1-4H3,(H,15,16). The number of carbonyl (C=O) groups excluding carboxylic acids is 1. The first-order valence-corrected chi connectivity index (χ1v) is 5.85. The van der Waals surface area contributed by atoms with E-state index in [0.29, 0.717) is 23.8 Å². The van der Waals surface area contributed by atoms with E-state index in [1.54, 1.807) is 46.5 Å². The zero-order chi connectivity index (χ0) is 14.3. The molecule has 0 aliphatic carbocycles. The van der Waals surface area contributed by atoms with Crippen molar-refractivity contribution in [2.45, 2.75) is 13.5 Å². The van der Waals surface area contributed by atoms with Crippen LogP contribution in [-0.2, 0) is 11.3 Å². The summed E-state index contributed by atoms with van der Waals surface area (Å²) in [6.45, 7) is 2.14. The van der Waals surface area contributed by atoms with Crippen molar-refractivity contribution < 1.29 is 19.0 Å². The van der Waals surface area contributed by atoms with E-state index in [4.69, 9.17) is 14.2 Å². The molecule has 0 radical (unpaired) electrons. The minimum Gasteiger partial charge on any atom is -0.496 e. The average molecular weight is 265 g/mol. The summed E-state index contributed by atoms with van der Waals surface area (Å²) >= 11 is 0. The first-order chi connectivity index (χ1) is 9.15. The van der Waals surface area contributed by atoms with Gasteiger partial charge in [-0.05, 0) is 19.1 Å². The summed E-state index contributed by atoms with van der Waals surface area (Å²) in [5.41, 5.74) is 0.818. The van der Waals surface area contributed by atoms with Gasteiger partial charge in [-0.2, -0.15) is 0 Å². The Kier molecular flexibility index (Phi) is 5.73.